The number of benzene rings is 1. The average Bonchev–Trinajstić information content (AvgIpc) is 2.53. The Balaban J connectivity index is 2.59. The first kappa shape index (κ1) is 18.3. The fraction of sp³-hybridized carbons (Fsp3) is 0.412. The van der Waals surface area contributed by atoms with Crippen LogP contribution in [0.3, 0.4) is 0 Å². The van der Waals surface area contributed by atoms with Crippen LogP contribution in [0.15, 0.2) is 29.5 Å². The summed E-state index contributed by atoms with van der Waals surface area (Å²) in [5.74, 6) is -1.56. The highest BCUT2D eigenvalue weighted by molar-refractivity contribution is 7.80. The van der Waals surface area contributed by atoms with Crippen molar-refractivity contribution in [1.82, 2.24) is 15.1 Å². The Morgan fingerprint density at radius 1 is 1.33 bits per heavy atom. The molecule has 1 aromatic carbocycles. The summed E-state index contributed by atoms with van der Waals surface area (Å²) in [6.07, 6.45) is 0. The maximum absolute atomic E-state index is 14.3. The Bertz CT molecular complexity index is 701. The lowest BCUT2D eigenvalue weighted by molar-refractivity contribution is -0.127. The van der Waals surface area contributed by atoms with Gasteiger partial charge in [0.05, 0.1) is 11.6 Å². The molecule has 1 aliphatic heterocycles. The molecule has 1 aromatic rings. The van der Waals surface area contributed by atoms with E-state index in [0.29, 0.717) is 29.5 Å². The van der Waals surface area contributed by atoms with Gasteiger partial charge in [-0.3, -0.25) is 4.79 Å². The van der Waals surface area contributed by atoms with E-state index >= 15 is 0 Å². The van der Waals surface area contributed by atoms with Gasteiger partial charge in [0, 0.05) is 37.5 Å². The zero-order valence-electron chi connectivity index (χ0n) is 14.2. The van der Waals surface area contributed by atoms with Crippen LogP contribution < -0.4 is 5.32 Å². The minimum absolute atomic E-state index is 0.187. The second-order valence-corrected chi connectivity index (χ2v) is 5.97. The molecule has 0 saturated heterocycles. The molecule has 24 heavy (non-hydrogen) atoms. The van der Waals surface area contributed by atoms with Crippen molar-refractivity contribution < 1.29 is 13.6 Å². The van der Waals surface area contributed by atoms with E-state index < -0.39 is 17.7 Å². The summed E-state index contributed by atoms with van der Waals surface area (Å²) < 4.78 is 27.5. The standard InChI is InChI=1S/C17H21F2N3OS/c1-5-22(6-2)16(23)14-10(3)21(4)17(24)20-15(14)12-8-7-11(18)9-13(12)19/h7-9,15H,5-6H2,1-4H3,(H,20,24). The molecule has 0 aliphatic carbocycles. The number of amides is 1. The Hall–Kier alpha value is -2.02. The zero-order valence-corrected chi connectivity index (χ0v) is 15.0. The number of hydrogen-bond donors (Lipinski definition) is 1. The summed E-state index contributed by atoms with van der Waals surface area (Å²) in [6, 6.07) is 2.59. The molecule has 0 fully saturated rings. The van der Waals surface area contributed by atoms with Gasteiger partial charge in [-0.1, -0.05) is 6.07 Å². The van der Waals surface area contributed by atoms with E-state index in [1.165, 1.54) is 12.1 Å². The van der Waals surface area contributed by atoms with Crippen molar-refractivity contribution in [3.05, 3.63) is 46.7 Å². The number of allylic oxidation sites excluding steroid dienone is 1. The van der Waals surface area contributed by atoms with Crippen molar-refractivity contribution in [2.24, 2.45) is 0 Å². The minimum atomic E-state index is -0.748. The molecule has 1 heterocycles. The van der Waals surface area contributed by atoms with Crippen LogP contribution in [0.25, 0.3) is 0 Å². The van der Waals surface area contributed by atoms with E-state index in [1.807, 2.05) is 13.8 Å². The van der Waals surface area contributed by atoms with Gasteiger partial charge in [-0.2, -0.15) is 0 Å². The van der Waals surface area contributed by atoms with Crippen molar-refractivity contribution in [2.75, 3.05) is 20.1 Å². The summed E-state index contributed by atoms with van der Waals surface area (Å²) in [4.78, 5) is 16.3. The van der Waals surface area contributed by atoms with E-state index in [-0.39, 0.29) is 11.5 Å². The smallest absolute Gasteiger partial charge is 0.253 e. The van der Waals surface area contributed by atoms with Crippen molar-refractivity contribution in [2.45, 2.75) is 26.8 Å². The zero-order chi connectivity index (χ0) is 18.0. The maximum atomic E-state index is 14.3. The highest BCUT2D eigenvalue weighted by Crippen LogP contribution is 2.32. The number of hydrogen-bond acceptors (Lipinski definition) is 2. The number of nitrogens with zero attached hydrogens (tertiary/aromatic N) is 2. The SMILES string of the molecule is CCN(CC)C(=O)C1=C(C)N(C)C(=S)NC1c1ccc(F)cc1F. The third kappa shape index (κ3) is 3.26. The quantitative estimate of drug-likeness (QED) is 0.844. The lowest BCUT2D eigenvalue weighted by Gasteiger charge is -2.37. The van der Waals surface area contributed by atoms with Gasteiger partial charge in [0.25, 0.3) is 5.91 Å². The van der Waals surface area contributed by atoms with Gasteiger partial charge in [0.15, 0.2) is 5.11 Å². The number of rotatable bonds is 4. The predicted octanol–water partition coefficient (Wildman–Crippen LogP) is 2.97. The molecular weight excluding hydrogens is 332 g/mol. The van der Waals surface area contributed by atoms with Crippen molar-refractivity contribution in [3.8, 4) is 0 Å². The fourth-order valence-corrected chi connectivity index (χ4v) is 3.02. The van der Waals surface area contributed by atoms with E-state index in [2.05, 4.69) is 5.32 Å². The first-order valence-electron chi connectivity index (χ1n) is 7.80. The van der Waals surface area contributed by atoms with Gasteiger partial charge in [0.1, 0.15) is 11.6 Å². The van der Waals surface area contributed by atoms with Gasteiger partial charge in [0.2, 0.25) is 0 Å². The summed E-state index contributed by atoms with van der Waals surface area (Å²) in [5, 5.41) is 3.38. The average molecular weight is 353 g/mol. The molecule has 1 atom stereocenters. The van der Waals surface area contributed by atoms with Crippen LogP contribution in [0.1, 0.15) is 32.4 Å². The van der Waals surface area contributed by atoms with E-state index in [4.69, 9.17) is 12.2 Å². The molecule has 0 aromatic heterocycles. The number of carbonyl (C=O) groups excluding carboxylic acids is 1. The molecular formula is C17H21F2N3OS. The van der Waals surface area contributed by atoms with Crippen molar-refractivity contribution in [1.29, 1.82) is 0 Å². The highest BCUT2D eigenvalue weighted by atomic mass is 32.1. The van der Waals surface area contributed by atoms with Crippen LogP contribution in [-0.4, -0.2) is 41.0 Å². The number of likely N-dealkylation sites (N-methyl/N-ethyl adjacent to an activating group) is 1. The number of halogens is 2. The Labute approximate surface area is 146 Å². The normalized spacial score (nSPS) is 17.8. The minimum Gasteiger partial charge on any atom is -0.351 e. The van der Waals surface area contributed by atoms with E-state index in [1.54, 1.807) is 23.8 Å². The summed E-state index contributed by atoms with van der Waals surface area (Å²) in [5.41, 5.74) is 1.27. The highest BCUT2D eigenvalue weighted by Gasteiger charge is 2.35. The van der Waals surface area contributed by atoms with Crippen LogP contribution in [0, 0.1) is 11.6 Å². The molecule has 2 rings (SSSR count). The number of thiocarbonyl (C=S) groups is 1. The largest absolute Gasteiger partial charge is 0.351 e. The molecule has 130 valence electrons. The Morgan fingerprint density at radius 3 is 2.50 bits per heavy atom. The van der Waals surface area contributed by atoms with Crippen molar-refractivity contribution in [3.63, 3.8) is 0 Å². The van der Waals surface area contributed by atoms with Gasteiger partial charge >= 0.3 is 0 Å². The van der Waals surface area contributed by atoms with Gasteiger partial charge in [-0.05, 0) is 39.1 Å². The van der Waals surface area contributed by atoms with Crippen LogP contribution in [0.5, 0.6) is 0 Å². The molecule has 0 radical (unpaired) electrons. The first-order chi connectivity index (χ1) is 11.3. The van der Waals surface area contributed by atoms with Crippen LogP contribution in [0.2, 0.25) is 0 Å². The Morgan fingerprint density at radius 2 is 1.96 bits per heavy atom. The molecule has 4 nitrogen and oxygen atoms in total. The second-order valence-electron chi connectivity index (χ2n) is 5.58. The molecule has 1 amide bonds. The van der Waals surface area contributed by atoms with Gasteiger partial charge < -0.3 is 15.1 Å². The molecule has 1 aliphatic rings. The molecule has 1 unspecified atom stereocenters. The molecule has 0 bridgehead atoms. The third-order valence-corrected chi connectivity index (χ3v) is 4.70. The molecule has 1 N–H and O–H groups in total. The second kappa shape index (κ2) is 7.25. The fourth-order valence-electron chi connectivity index (χ4n) is 2.76. The van der Waals surface area contributed by atoms with E-state index in [0.717, 1.165) is 6.07 Å². The van der Waals surface area contributed by atoms with Gasteiger partial charge in [-0.25, -0.2) is 8.78 Å². The topological polar surface area (TPSA) is 35.6 Å². The summed E-state index contributed by atoms with van der Waals surface area (Å²) >= 11 is 5.27. The van der Waals surface area contributed by atoms with Crippen molar-refractivity contribution >= 4 is 23.2 Å². The summed E-state index contributed by atoms with van der Waals surface area (Å²) in [6.45, 7) is 6.63. The first-order valence-corrected chi connectivity index (χ1v) is 8.21. The van der Waals surface area contributed by atoms with E-state index in [9.17, 15) is 13.6 Å². The molecule has 7 heteroatoms. The van der Waals surface area contributed by atoms with Gasteiger partial charge in [-0.15, -0.1) is 0 Å². The lowest BCUT2D eigenvalue weighted by atomic mass is 9.93. The summed E-state index contributed by atoms with van der Waals surface area (Å²) in [7, 11) is 1.75. The van der Waals surface area contributed by atoms with Crippen LogP contribution >= 0.6 is 12.2 Å². The van der Waals surface area contributed by atoms with Crippen LogP contribution in [0.4, 0.5) is 8.78 Å². The monoisotopic (exact) mass is 353 g/mol. The Kier molecular flexibility index (Phi) is 5.54. The molecule has 0 saturated carbocycles. The maximum Gasteiger partial charge on any atom is 0.253 e. The third-order valence-electron chi connectivity index (χ3n) is 4.31. The lowest BCUT2D eigenvalue weighted by Crippen LogP contribution is -2.48. The molecule has 0 spiro atoms. The number of carbonyl (C=O) groups is 1. The predicted molar refractivity (Wildman–Crippen MR) is 93.2 cm³/mol. The number of nitrogens with one attached hydrogen (secondary N) is 1. The van der Waals surface area contributed by atoms with Crippen LogP contribution in [-0.2, 0) is 4.79 Å².